The standard InChI is InChI=1S/C20H26ClN5O4/c1-20(2,3)30-19(28)26-6-7-29-10-15(26)14-8-13(21)5-4-12(14)9-23-18-16(17(22)27)24-11-25-18/h4-5,8,11,15,23H,6-7,9-10H2,1-3H3,(H2,22,27)(H,24,25). The summed E-state index contributed by atoms with van der Waals surface area (Å²) in [6.45, 7) is 6.99. The van der Waals surface area contributed by atoms with Gasteiger partial charge in [-0.25, -0.2) is 9.78 Å². The minimum absolute atomic E-state index is 0.196. The van der Waals surface area contributed by atoms with Crippen LogP contribution < -0.4 is 11.1 Å². The maximum absolute atomic E-state index is 12.8. The zero-order valence-electron chi connectivity index (χ0n) is 17.2. The lowest BCUT2D eigenvalue weighted by Crippen LogP contribution is -2.46. The minimum Gasteiger partial charge on any atom is -0.444 e. The summed E-state index contributed by atoms with van der Waals surface area (Å²) in [7, 11) is 0. The van der Waals surface area contributed by atoms with E-state index in [1.807, 2.05) is 32.9 Å². The maximum Gasteiger partial charge on any atom is 0.410 e. The number of primary amides is 1. The molecular weight excluding hydrogens is 410 g/mol. The summed E-state index contributed by atoms with van der Waals surface area (Å²) < 4.78 is 11.2. The largest absolute Gasteiger partial charge is 0.444 e. The fourth-order valence-corrected chi connectivity index (χ4v) is 3.41. The van der Waals surface area contributed by atoms with Crippen LogP contribution >= 0.6 is 11.6 Å². The Balaban J connectivity index is 1.86. The number of rotatable bonds is 5. The molecule has 1 aromatic carbocycles. The molecule has 1 fully saturated rings. The van der Waals surface area contributed by atoms with Crippen LogP contribution in [-0.4, -0.2) is 52.2 Å². The number of H-pyrrole nitrogens is 1. The van der Waals surface area contributed by atoms with Crippen molar-refractivity contribution in [2.75, 3.05) is 25.1 Å². The first-order valence-corrected chi connectivity index (χ1v) is 9.96. The highest BCUT2D eigenvalue weighted by Gasteiger charge is 2.33. The van der Waals surface area contributed by atoms with Gasteiger partial charge in [0.15, 0.2) is 5.82 Å². The van der Waals surface area contributed by atoms with Gasteiger partial charge in [0.25, 0.3) is 5.91 Å². The van der Waals surface area contributed by atoms with Crippen LogP contribution in [-0.2, 0) is 16.0 Å². The second kappa shape index (κ2) is 8.93. The number of aromatic amines is 1. The summed E-state index contributed by atoms with van der Waals surface area (Å²) in [6.07, 6.45) is 0.989. The van der Waals surface area contributed by atoms with Gasteiger partial charge in [0.2, 0.25) is 0 Å². The average molecular weight is 436 g/mol. The number of nitrogens with one attached hydrogen (secondary N) is 2. The van der Waals surface area contributed by atoms with Crippen molar-refractivity contribution in [3.63, 3.8) is 0 Å². The van der Waals surface area contributed by atoms with Crippen molar-refractivity contribution in [1.29, 1.82) is 0 Å². The monoisotopic (exact) mass is 435 g/mol. The molecule has 1 aliphatic rings. The lowest BCUT2D eigenvalue weighted by molar-refractivity contribution is -0.0332. The van der Waals surface area contributed by atoms with E-state index in [0.717, 1.165) is 11.1 Å². The summed E-state index contributed by atoms with van der Waals surface area (Å²) >= 11 is 6.26. The number of carbonyl (C=O) groups is 2. The number of ether oxygens (including phenoxy) is 2. The minimum atomic E-state index is -0.608. The molecule has 1 aromatic heterocycles. The van der Waals surface area contributed by atoms with E-state index >= 15 is 0 Å². The number of hydrogen-bond donors (Lipinski definition) is 3. The Morgan fingerprint density at radius 1 is 1.43 bits per heavy atom. The van der Waals surface area contributed by atoms with Crippen molar-refractivity contribution in [3.05, 3.63) is 46.4 Å². The van der Waals surface area contributed by atoms with Crippen LogP contribution in [0.4, 0.5) is 10.6 Å². The molecule has 4 N–H and O–H groups in total. The number of anilines is 1. The first-order chi connectivity index (χ1) is 14.2. The summed E-state index contributed by atoms with van der Waals surface area (Å²) in [5.41, 5.74) is 6.65. The topological polar surface area (TPSA) is 123 Å². The zero-order chi connectivity index (χ0) is 21.9. The SMILES string of the molecule is CC(C)(C)OC(=O)N1CCOCC1c1cc(Cl)ccc1CNc1nc[nH]c1C(N)=O. The molecule has 2 heterocycles. The highest BCUT2D eigenvalue weighted by atomic mass is 35.5. The van der Waals surface area contributed by atoms with E-state index < -0.39 is 17.6 Å². The van der Waals surface area contributed by atoms with Gasteiger partial charge < -0.3 is 25.5 Å². The van der Waals surface area contributed by atoms with E-state index in [9.17, 15) is 9.59 Å². The molecule has 10 heteroatoms. The molecule has 0 spiro atoms. The van der Waals surface area contributed by atoms with E-state index in [1.54, 1.807) is 11.0 Å². The molecule has 30 heavy (non-hydrogen) atoms. The van der Waals surface area contributed by atoms with Crippen LogP contribution in [0.2, 0.25) is 5.02 Å². The van der Waals surface area contributed by atoms with Crippen LogP contribution in [0.1, 0.15) is 48.4 Å². The highest BCUT2D eigenvalue weighted by molar-refractivity contribution is 6.30. The molecule has 162 valence electrons. The van der Waals surface area contributed by atoms with Gasteiger partial charge in [-0.15, -0.1) is 0 Å². The fraction of sp³-hybridized carbons (Fsp3) is 0.450. The molecular formula is C20H26ClN5O4. The van der Waals surface area contributed by atoms with Gasteiger partial charge in [0, 0.05) is 18.1 Å². The molecule has 3 rings (SSSR count). The number of benzene rings is 1. The number of aromatic nitrogens is 2. The maximum atomic E-state index is 12.8. The number of morpholine rings is 1. The average Bonchev–Trinajstić information content (AvgIpc) is 3.14. The number of carbonyl (C=O) groups excluding carboxylic acids is 2. The van der Waals surface area contributed by atoms with E-state index in [4.69, 9.17) is 26.8 Å². The van der Waals surface area contributed by atoms with Gasteiger partial charge in [0.1, 0.15) is 11.3 Å². The number of halogens is 1. The Morgan fingerprint density at radius 3 is 2.90 bits per heavy atom. The molecule has 1 aliphatic heterocycles. The first kappa shape index (κ1) is 21.9. The first-order valence-electron chi connectivity index (χ1n) is 9.58. The molecule has 1 atom stereocenters. The van der Waals surface area contributed by atoms with E-state index in [2.05, 4.69) is 15.3 Å². The summed E-state index contributed by atoms with van der Waals surface area (Å²) in [4.78, 5) is 32.8. The van der Waals surface area contributed by atoms with Gasteiger partial charge >= 0.3 is 6.09 Å². The van der Waals surface area contributed by atoms with Crippen LogP contribution in [0.15, 0.2) is 24.5 Å². The molecule has 0 radical (unpaired) electrons. The predicted octanol–water partition coefficient (Wildman–Crippen LogP) is 3.08. The third-order valence-electron chi connectivity index (χ3n) is 4.56. The third-order valence-corrected chi connectivity index (χ3v) is 4.79. The lowest BCUT2D eigenvalue weighted by Gasteiger charge is -2.37. The van der Waals surface area contributed by atoms with Crippen molar-refractivity contribution < 1.29 is 19.1 Å². The van der Waals surface area contributed by atoms with Gasteiger partial charge in [0.05, 0.1) is 25.6 Å². The second-order valence-electron chi connectivity index (χ2n) is 7.95. The summed E-state index contributed by atoms with van der Waals surface area (Å²) in [5, 5.41) is 3.65. The highest BCUT2D eigenvalue weighted by Crippen LogP contribution is 2.31. The third kappa shape index (κ3) is 5.22. The van der Waals surface area contributed by atoms with Crippen LogP contribution in [0, 0.1) is 0 Å². The number of imidazole rings is 1. The molecule has 0 saturated carbocycles. The number of nitrogens with two attached hydrogens (primary N) is 1. The Bertz CT molecular complexity index is 924. The van der Waals surface area contributed by atoms with Crippen molar-refractivity contribution >= 4 is 29.4 Å². The van der Waals surface area contributed by atoms with Crippen molar-refractivity contribution in [1.82, 2.24) is 14.9 Å². The molecule has 2 aromatic rings. The Hall–Kier alpha value is -2.78. The summed E-state index contributed by atoms with van der Waals surface area (Å²) in [6, 6.07) is 5.08. The van der Waals surface area contributed by atoms with Crippen molar-refractivity contribution in [3.8, 4) is 0 Å². The lowest BCUT2D eigenvalue weighted by atomic mass is 9.98. The smallest absolute Gasteiger partial charge is 0.410 e. The van der Waals surface area contributed by atoms with Crippen molar-refractivity contribution in [2.24, 2.45) is 5.73 Å². The number of amides is 2. The molecule has 2 amide bonds. The molecule has 1 saturated heterocycles. The van der Waals surface area contributed by atoms with E-state index in [0.29, 0.717) is 37.1 Å². The van der Waals surface area contributed by atoms with E-state index in [1.165, 1.54) is 6.33 Å². The number of hydrogen-bond acceptors (Lipinski definition) is 6. The fourth-order valence-electron chi connectivity index (χ4n) is 3.23. The Kier molecular flexibility index (Phi) is 6.52. The van der Waals surface area contributed by atoms with Gasteiger partial charge in [-0.3, -0.25) is 9.69 Å². The van der Waals surface area contributed by atoms with E-state index in [-0.39, 0.29) is 11.7 Å². The van der Waals surface area contributed by atoms with Crippen LogP contribution in [0.5, 0.6) is 0 Å². The van der Waals surface area contributed by atoms with Gasteiger partial charge in [-0.05, 0) is 44.0 Å². The quantitative estimate of drug-likeness (QED) is 0.663. The van der Waals surface area contributed by atoms with Gasteiger partial charge in [-0.1, -0.05) is 17.7 Å². The molecule has 0 bridgehead atoms. The molecule has 9 nitrogen and oxygen atoms in total. The molecule has 0 aliphatic carbocycles. The van der Waals surface area contributed by atoms with Gasteiger partial charge in [-0.2, -0.15) is 0 Å². The predicted molar refractivity (Wildman–Crippen MR) is 112 cm³/mol. The molecule has 1 unspecified atom stereocenters. The zero-order valence-corrected chi connectivity index (χ0v) is 18.0. The Labute approximate surface area is 179 Å². The number of nitrogens with zero attached hydrogens (tertiary/aromatic N) is 2. The normalized spacial score (nSPS) is 16.9. The van der Waals surface area contributed by atoms with Crippen LogP contribution in [0.25, 0.3) is 0 Å². The van der Waals surface area contributed by atoms with Crippen molar-refractivity contribution in [2.45, 2.75) is 39.0 Å². The van der Waals surface area contributed by atoms with Crippen LogP contribution in [0.3, 0.4) is 0 Å². The Morgan fingerprint density at radius 2 is 2.20 bits per heavy atom. The summed E-state index contributed by atoms with van der Waals surface area (Å²) in [5.74, 6) is -0.254. The second-order valence-corrected chi connectivity index (χ2v) is 8.39.